The lowest BCUT2D eigenvalue weighted by Crippen LogP contribution is -2.33. The normalized spacial score (nSPS) is 25.8. The van der Waals surface area contributed by atoms with Gasteiger partial charge in [0.15, 0.2) is 0 Å². The number of nitrogens with zero attached hydrogens (tertiary/aromatic N) is 2. The van der Waals surface area contributed by atoms with E-state index in [-0.39, 0.29) is 0 Å². The summed E-state index contributed by atoms with van der Waals surface area (Å²) in [6.07, 6.45) is 2.60. The van der Waals surface area contributed by atoms with E-state index in [0.29, 0.717) is 11.3 Å². The minimum atomic E-state index is 0.598. The number of nitrogens with one attached hydrogen (secondary N) is 1. The van der Waals surface area contributed by atoms with E-state index in [2.05, 4.69) is 42.9 Å². The van der Waals surface area contributed by atoms with Gasteiger partial charge in [0, 0.05) is 18.3 Å². The molecular weight excluding hydrogens is 218 g/mol. The standard InChI is InChI=1S/C12H21N3S/c1-8-12(9(2)15(4)14-8)13-11-6-5-7-16-10(11)3/h10-11,13H,5-7H2,1-4H3. The predicted molar refractivity (Wildman–Crippen MR) is 71.2 cm³/mol. The number of aromatic nitrogens is 2. The summed E-state index contributed by atoms with van der Waals surface area (Å²) in [4.78, 5) is 0. The van der Waals surface area contributed by atoms with Gasteiger partial charge in [-0.05, 0) is 32.4 Å². The van der Waals surface area contributed by atoms with Crippen LogP contribution in [-0.2, 0) is 7.05 Å². The third-order valence-corrected chi connectivity index (χ3v) is 4.82. The first-order valence-electron chi connectivity index (χ1n) is 5.98. The quantitative estimate of drug-likeness (QED) is 0.860. The zero-order valence-corrected chi connectivity index (χ0v) is 11.4. The Morgan fingerprint density at radius 2 is 2.19 bits per heavy atom. The summed E-state index contributed by atoms with van der Waals surface area (Å²) in [6.45, 7) is 6.53. The fraction of sp³-hybridized carbons (Fsp3) is 0.750. The molecule has 2 atom stereocenters. The average Bonchev–Trinajstić information content (AvgIpc) is 2.48. The van der Waals surface area contributed by atoms with E-state index in [4.69, 9.17) is 0 Å². The fourth-order valence-corrected chi connectivity index (χ4v) is 3.42. The highest BCUT2D eigenvalue weighted by Crippen LogP contribution is 2.29. The molecule has 1 aliphatic heterocycles. The van der Waals surface area contributed by atoms with Crippen LogP contribution in [0, 0.1) is 13.8 Å². The summed E-state index contributed by atoms with van der Waals surface area (Å²) >= 11 is 2.07. The first kappa shape index (κ1) is 11.8. The number of hydrogen-bond donors (Lipinski definition) is 1. The molecule has 2 heterocycles. The van der Waals surface area contributed by atoms with Gasteiger partial charge in [-0.3, -0.25) is 4.68 Å². The monoisotopic (exact) mass is 239 g/mol. The Kier molecular flexibility index (Phi) is 3.47. The molecule has 2 unspecified atom stereocenters. The Morgan fingerprint density at radius 3 is 2.75 bits per heavy atom. The molecular formula is C12H21N3S. The van der Waals surface area contributed by atoms with Crippen LogP contribution in [0.25, 0.3) is 0 Å². The summed E-state index contributed by atoms with van der Waals surface area (Å²) in [5, 5.41) is 8.83. The fourth-order valence-electron chi connectivity index (χ4n) is 2.28. The van der Waals surface area contributed by atoms with E-state index in [1.54, 1.807) is 0 Å². The molecule has 16 heavy (non-hydrogen) atoms. The van der Waals surface area contributed by atoms with Crippen molar-refractivity contribution < 1.29 is 0 Å². The van der Waals surface area contributed by atoms with Gasteiger partial charge in [0.1, 0.15) is 0 Å². The summed E-state index contributed by atoms with van der Waals surface area (Å²) in [6, 6.07) is 0.598. The second-order valence-electron chi connectivity index (χ2n) is 4.64. The van der Waals surface area contributed by atoms with Crippen molar-refractivity contribution >= 4 is 17.4 Å². The average molecular weight is 239 g/mol. The number of hydrogen-bond acceptors (Lipinski definition) is 3. The van der Waals surface area contributed by atoms with Crippen molar-refractivity contribution in [3.8, 4) is 0 Å². The summed E-state index contributed by atoms with van der Waals surface area (Å²) < 4.78 is 1.96. The highest BCUT2D eigenvalue weighted by atomic mass is 32.2. The predicted octanol–water partition coefficient (Wildman–Crippen LogP) is 2.73. The second kappa shape index (κ2) is 4.70. The van der Waals surface area contributed by atoms with Crippen LogP contribution in [0.3, 0.4) is 0 Å². The molecule has 0 bridgehead atoms. The molecule has 0 aromatic carbocycles. The zero-order valence-electron chi connectivity index (χ0n) is 10.6. The molecule has 3 nitrogen and oxygen atoms in total. The van der Waals surface area contributed by atoms with Crippen LogP contribution in [0.4, 0.5) is 5.69 Å². The first-order chi connectivity index (χ1) is 7.59. The van der Waals surface area contributed by atoms with Crippen LogP contribution >= 0.6 is 11.8 Å². The van der Waals surface area contributed by atoms with Gasteiger partial charge in [-0.15, -0.1) is 0 Å². The van der Waals surface area contributed by atoms with E-state index in [9.17, 15) is 0 Å². The summed E-state index contributed by atoms with van der Waals surface area (Å²) in [5.74, 6) is 1.31. The minimum absolute atomic E-state index is 0.598. The third-order valence-electron chi connectivity index (χ3n) is 3.45. The van der Waals surface area contributed by atoms with Crippen molar-refractivity contribution in [3.63, 3.8) is 0 Å². The summed E-state index contributed by atoms with van der Waals surface area (Å²) in [7, 11) is 2.01. The van der Waals surface area contributed by atoms with Crippen molar-refractivity contribution in [2.75, 3.05) is 11.1 Å². The SMILES string of the molecule is Cc1nn(C)c(C)c1NC1CCCSC1C. The van der Waals surface area contributed by atoms with Crippen LogP contribution in [0.5, 0.6) is 0 Å². The highest BCUT2D eigenvalue weighted by Gasteiger charge is 2.23. The molecule has 0 amide bonds. The summed E-state index contributed by atoms with van der Waals surface area (Å²) in [5.41, 5.74) is 3.59. The van der Waals surface area contributed by atoms with E-state index < -0.39 is 0 Å². The van der Waals surface area contributed by atoms with E-state index in [1.807, 2.05) is 11.7 Å². The van der Waals surface area contributed by atoms with E-state index in [1.165, 1.54) is 30.0 Å². The maximum Gasteiger partial charge on any atom is 0.0827 e. The molecule has 1 saturated heterocycles. The molecule has 4 heteroatoms. The van der Waals surface area contributed by atoms with Gasteiger partial charge < -0.3 is 5.32 Å². The van der Waals surface area contributed by atoms with Gasteiger partial charge in [0.05, 0.1) is 17.1 Å². The van der Waals surface area contributed by atoms with Gasteiger partial charge in [0.25, 0.3) is 0 Å². The molecule has 1 fully saturated rings. The van der Waals surface area contributed by atoms with Crippen molar-refractivity contribution in [2.45, 2.75) is 44.9 Å². The Labute approximate surface area is 102 Å². The van der Waals surface area contributed by atoms with Crippen LogP contribution in [0.1, 0.15) is 31.2 Å². The third kappa shape index (κ3) is 2.21. The lowest BCUT2D eigenvalue weighted by Gasteiger charge is -2.30. The molecule has 0 aliphatic carbocycles. The molecule has 0 spiro atoms. The van der Waals surface area contributed by atoms with Crippen molar-refractivity contribution in [1.29, 1.82) is 0 Å². The van der Waals surface area contributed by atoms with E-state index >= 15 is 0 Å². The van der Waals surface area contributed by atoms with Crippen molar-refractivity contribution in [3.05, 3.63) is 11.4 Å². The number of aryl methyl sites for hydroxylation is 2. The molecule has 90 valence electrons. The molecule has 2 rings (SSSR count). The maximum absolute atomic E-state index is 4.45. The van der Waals surface area contributed by atoms with Crippen LogP contribution in [-0.4, -0.2) is 26.8 Å². The molecule has 1 aliphatic rings. The number of anilines is 1. The minimum Gasteiger partial charge on any atom is -0.378 e. The van der Waals surface area contributed by atoms with Crippen LogP contribution in [0.15, 0.2) is 0 Å². The number of rotatable bonds is 2. The van der Waals surface area contributed by atoms with Crippen LogP contribution < -0.4 is 5.32 Å². The lowest BCUT2D eigenvalue weighted by molar-refractivity contribution is 0.616. The molecule has 0 saturated carbocycles. The molecule has 0 radical (unpaired) electrons. The zero-order chi connectivity index (χ0) is 11.7. The van der Waals surface area contributed by atoms with Crippen molar-refractivity contribution in [1.82, 2.24) is 9.78 Å². The Morgan fingerprint density at radius 1 is 1.44 bits per heavy atom. The van der Waals surface area contributed by atoms with Crippen molar-refractivity contribution in [2.24, 2.45) is 7.05 Å². The lowest BCUT2D eigenvalue weighted by atomic mass is 10.1. The Balaban J connectivity index is 2.13. The smallest absolute Gasteiger partial charge is 0.0827 e. The second-order valence-corrected chi connectivity index (χ2v) is 6.12. The first-order valence-corrected chi connectivity index (χ1v) is 7.03. The highest BCUT2D eigenvalue weighted by molar-refractivity contribution is 8.00. The Bertz CT molecular complexity index is 373. The molecule has 1 N–H and O–H groups in total. The van der Waals surface area contributed by atoms with E-state index in [0.717, 1.165) is 5.69 Å². The topological polar surface area (TPSA) is 29.9 Å². The number of thioether (sulfide) groups is 1. The largest absolute Gasteiger partial charge is 0.378 e. The molecule has 1 aromatic heterocycles. The Hall–Kier alpha value is -0.640. The van der Waals surface area contributed by atoms with Gasteiger partial charge in [-0.2, -0.15) is 16.9 Å². The van der Waals surface area contributed by atoms with Gasteiger partial charge in [0.2, 0.25) is 0 Å². The van der Waals surface area contributed by atoms with Gasteiger partial charge in [-0.1, -0.05) is 6.92 Å². The van der Waals surface area contributed by atoms with Crippen LogP contribution in [0.2, 0.25) is 0 Å². The van der Waals surface area contributed by atoms with Gasteiger partial charge >= 0.3 is 0 Å². The molecule has 1 aromatic rings. The van der Waals surface area contributed by atoms with Gasteiger partial charge in [-0.25, -0.2) is 0 Å². The maximum atomic E-state index is 4.45.